The van der Waals surface area contributed by atoms with E-state index < -0.39 is 11.9 Å². The van der Waals surface area contributed by atoms with Crippen LogP contribution in [-0.2, 0) is 4.79 Å². The number of piperidine rings is 1. The van der Waals surface area contributed by atoms with Gasteiger partial charge in [0.2, 0.25) is 0 Å². The van der Waals surface area contributed by atoms with Gasteiger partial charge in [0.05, 0.1) is 17.7 Å². The topological polar surface area (TPSA) is 87.8 Å². The first-order chi connectivity index (χ1) is 10.1. The normalized spacial score (nSPS) is 22.4. The van der Waals surface area contributed by atoms with E-state index in [-0.39, 0.29) is 18.4 Å². The summed E-state index contributed by atoms with van der Waals surface area (Å²) < 4.78 is 1.40. The molecule has 7 heteroatoms. The molecule has 2 unspecified atom stereocenters. The number of hydrogen-bond acceptors (Lipinski definition) is 4. The van der Waals surface area contributed by atoms with E-state index in [4.69, 9.17) is 0 Å². The summed E-state index contributed by atoms with van der Waals surface area (Å²) in [5, 5.41) is 17.3. The van der Waals surface area contributed by atoms with E-state index in [2.05, 4.69) is 10.2 Å². The van der Waals surface area contributed by atoms with Crippen molar-refractivity contribution < 1.29 is 14.7 Å². The summed E-state index contributed by atoms with van der Waals surface area (Å²) in [4.78, 5) is 25.5. The fourth-order valence-electron chi connectivity index (χ4n) is 2.86. The molecule has 3 heterocycles. The molecule has 2 atom stereocenters. The second kappa shape index (κ2) is 5.16. The van der Waals surface area contributed by atoms with Crippen molar-refractivity contribution >= 4 is 17.4 Å². The number of carbonyl (C=O) groups excluding carboxylic acids is 1. The van der Waals surface area contributed by atoms with Gasteiger partial charge in [-0.05, 0) is 24.5 Å². The zero-order valence-electron chi connectivity index (χ0n) is 11.6. The molecule has 0 aliphatic carbocycles. The van der Waals surface area contributed by atoms with E-state index >= 15 is 0 Å². The smallest absolute Gasteiger partial charge is 0.308 e. The van der Waals surface area contributed by atoms with Gasteiger partial charge in [-0.1, -0.05) is 6.92 Å². The van der Waals surface area contributed by atoms with Gasteiger partial charge in [0.25, 0.3) is 5.91 Å². The van der Waals surface area contributed by atoms with Crippen LogP contribution in [0.5, 0.6) is 0 Å². The van der Waals surface area contributed by atoms with Gasteiger partial charge >= 0.3 is 5.97 Å². The molecule has 1 amide bonds. The first-order valence-corrected chi connectivity index (χ1v) is 6.87. The Labute approximate surface area is 121 Å². The number of carboxylic acids is 1. The highest BCUT2D eigenvalue weighted by Gasteiger charge is 2.33. The van der Waals surface area contributed by atoms with Gasteiger partial charge in [0.1, 0.15) is 5.52 Å². The lowest BCUT2D eigenvalue weighted by atomic mass is 9.90. The average molecular weight is 288 g/mol. The van der Waals surface area contributed by atoms with E-state index in [0.29, 0.717) is 24.0 Å². The number of likely N-dealkylation sites (tertiary alicyclic amines) is 1. The van der Waals surface area contributed by atoms with Gasteiger partial charge in [0.15, 0.2) is 0 Å². The molecule has 1 fully saturated rings. The van der Waals surface area contributed by atoms with Crippen LogP contribution in [0, 0.1) is 11.8 Å². The third-order valence-electron chi connectivity index (χ3n) is 3.83. The standard InChI is InChI=1S/C14H16N4O3/c1-9-5-10(14(20)21)8-17(7-9)13(19)11-6-16-18-12(11)3-2-4-15-18/h2-4,6,9-10H,5,7-8H2,1H3,(H,20,21). The van der Waals surface area contributed by atoms with Crippen LogP contribution in [0.1, 0.15) is 23.7 Å². The second-order valence-electron chi connectivity index (χ2n) is 5.54. The third-order valence-corrected chi connectivity index (χ3v) is 3.83. The molecule has 0 spiro atoms. The number of fused-ring (bicyclic) bond motifs is 1. The minimum atomic E-state index is -0.846. The van der Waals surface area contributed by atoms with Crippen molar-refractivity contribution in [1.29, 1.82) is 0 Å². The highest BCUT2D eigenvalue weighted by molar-refractivity contribution is 6.00. The maximum Gasteiger partial charge on any atom is 0.308 e. The summed E-state index contributed by atoms with van der Waals surface area (Å²) in [7, 11) is 0. The molecule has 0 bridgehead atoms. The molecular weight excluding hydrogens is 272 g/mol. The summed E-state index contributed by atoms with van der Waals surface area (Å²) in [6.07, 6.45) is 3.69. The molecule has 3 rings (SSSR count). The average Bonchev–Trinajstić information content (AvgIpc) is 2.89. The predicted molar refractivity (Wildman–Crippen MR) is 73.8 cm³/mol. The number of carboxylic acid groups (broad SMARTS) is 1. The van der Waals surface area contributed by atoms with Gasteiger partial charge in [0, 0.05) is 19.3 Å². The molecule has 0 aromatic carbocycles. The van der Waals surface area contributed by atoms with E-state index in [9.17, 15) is 14.7 Å². The van der Waals surface area contributed by atoms with Crippen molar-refractivity contribution in [1.82, 2.24) is 19.7 Å². The number of hydrogen-bond donors (Lipinski definition) is 1. The zero-order valence-corrected chi connectivity index (χ0v) is 11.6. The zero-order chi connectivity index (χ0) is 15.0. The van der Waals surface area contributed by atoms with Crippen molar-refractivity contribution in [3.05, 3.63) is 30.1 Å². The van der Waals surface area contributed by atoms with E-state index in [1.54, 1.807) is 23.2 Å². The fourth-order valence-corrected chi connectivity index (χ4v) is 2.86. The summed E-state index contributed by atoms with van der Waals surface area (Å²) in [5.74, 6) is -1.36. The Morgan fingerprint density at radius 1 is 1.33 bits per heavy atom. The lowest BCUT2D eigenvalue weighted by Crippen LogP contribution is -2.45. The van der Waals surface area contributed by atoms with Crippen LogP contribution in [0.15, 0.2) is 24.5 Å². The van der Waals surface area contributed by atoms with Gasteiger partial charge in [-0.3, -0.25) is 9.59 Å². The molecule has 1 N–H and O–H groups in total. The van der Waals surface area contributed by atoms with Crippen molar-refractivity contribution in [2.24, 2.45) is 11.8 Å². The Hall–Kier alpha value is -2.44. The van der Waals surface area contributed by atoms with Crippen molar-refractivity contribution in [2.75, 3.05) is 13.1 Å². The lowest BCUT2D eigenvalue weighted by Gasteiger charge is -2.34. The minimum Gasteiger partial charge on any atom is -0.481 e. The van der Waals surface area contributed by atoms with Gasteiger partial charge in [-0.15, -0.1) is 0 Å². The summed E-state index contributed by atoms with van der Waals surface area (Å²) in [6.45, 7) is 2.78. The molecule has 1 saturated heterocycles. The first kappa shape index (κ1) is 13.5. The van der Waals surface area contributed by atoms with Gasteiger partial charge < -0.3 is 10.0 Å². The molecule has 21 heavy (non-hydrogen) atoms. The van der Waals surface area contributed by atoms with Crippen molar-refractivity contribution in [3.63, 3.8) is 0 Å². The van der Waals surface area contributed by atoms with Crippen LogP contribution in [0.4, 0.5) is 0 Å². The Balaban J connectivity index is 1.89. The second-order valence-corrected chi connectivity index (χ2v) is 5.54. The van der Waals surface area contributed by atoms with Gasteiger partial charge in [-0.25, -0.2) is 0 Å². The lowest BCUT2D eigenvalue weighted by molar-refractivity contribution is -0.143. The van der Waals surface area contributed by atoms with E-state index in [1.807, 2.05) is 6.92 Å². The van der Waals surface area contributed by atoms with Crippen molar-refractivity contribution in [3.8, 4) is 0 Å². The third kappa shape index (κ3) is 2.46. The molecule has 0 saturated carbocycles. The number of rotatable bonds is 2. The van der Waals surface area contributed by atoms with Crippen LogP contribution in [0.2, 0.25) is 0 Å². The van der Waals surface area contributed by atoms with E-state index in [1.165, 1.54) is 10.8 Å². The number of aliphatic carboxylic acids is 1. The predicted octanol–water partition coefficient (Wildman–Crippen LogP) is 0.912. The molecule has 1 aliphatic heterocycles. The molecule has 0 radical (unpaired) electrons. The van der Waals surface area contributed by atoms with Gasteiger partial charge in [-0.2, -0.15) is 14.8 Å². The monoisotopic (exact) mass is 288 g/mol. The first-order valence-electron chi connectivity index (χ1n) is 6.87. The molecule has 110 valence electrons. The summed E-state index contributed by atoms with van der Waals surface area (Å²) >= 11 is 0. The fraction of sp³-hybridized carbons (Fsp3) is 0.429. The molecule has 7 nitrogen and oxygen atoms in total. The number of carbonyl (C=O) groups is 2. The van der Waals surface area contributed by atoms with E-state index in [0.717, 1.165) is 0 Å². The number of nitrogens with zero attached hydrogens (tertiary/aromatic N) is 4. The Morgan fingerprint density at radius 3 is 2.90 bits per heavy atom. The summed E-state index contributed by atoms with van der Waals surface area (Å²) in [6, 6.07) is 3.52. The Bertz CT molecular complexity index is 696. The Morgan fingerprint density at radius 2 is 2.14 bits per heavy atom. The highest BCUT2D eigenvalue weighted by Crippen LogP contribution is 2.24. The maximum atomic E-state index is 12.6. The molecular formula is C14H16N4O3. The number of aromatic nitrogens is 3. The highest BCUT2D eigenvalue weighted by atomic mass is 16.4. The van der Waals surface area contributed by atoms with Crippen LogP contribution in [0.25, 0.3) is 5.52 Å². The Kier molecular flexibility index (Phi) is 3.32. The maximum absolute atomic E-state index is 12.6. The largest absolute Gasteiger partial charge is 0.481 e. The molecule has 2 aromatic rings. The SMILES string of the molecule is CC1CC(C(=O)O)CN(C(=O)c2cnn3ncccc23)C1. The molecule has 1 aliphatic rings. The van der Waals surface area contributed by atoms with Crippen LogP contribution in [0.3, 0.4) is 0 Å². The molecule has 2 aromatic heterocycles. The minimum absolute atomic E-state index is 0.170. The van der Waals surface area contributed by atoms with Crippen molar-refractivity contribution in [2.45, 2.75) is 13.3 Å². The van der Waals surface area contributed by atoms with Crippen LogP contribution < -0.4 is 0 Å². The summed E-state index contributed by atoms with van der Waals surface area (Å²) in [5.41, 5.74) is 1.09. The number of amides is 1. The van der Waals surface area contributed by atoms with Crippen LogP contribution in [-0.4, -0.2) is 49.8 Å². The van der Waals surface area contributed by atoms with Crippen LogP contribution >= 0.6 is 0 Å². The quantitative estimate of drug-likeness (QED) is 0.887.